The van der Waals surface area contributed by atoms with Gasteiger partial charge in [-0.3, -0.25) is 4.99 Å². The lowest BCUT2D eigenvalue weighted by molar-refractivity contribution is 0.690. The van der Waals surface area contributed by atoms with Crippen molar-refractivity contribution in [3.63, 3.8) is 0 Å². The lowest BCUT2D eigenvalue weighted by Crippen LogP contribution is -1.94. The van der Waals surface area contributed by atoms with Gasteiger partial charge in [0, 0.05) is 10.6 Å². The highest BCUT2D eigenvalue weighted by Crippen LogP contribution is 2.31. The summed E-state index contributed by atoms with van der Waals surface area (Å²) in [6.45, 7) is 3.56. The maximum absolute atomic E-state index is 4.01. The van der Waals surface area contributed by atoms with Crippen molar-refractivity contribution in [3.8, 4) is 0 Å². The molecule has 0 atom stereocenters. The van der Waals surface area contributed by atoms with Gasteiger partial charge in [0.15, 0.2) is 0 Å². The maximum atomic E-state index is 4.01. The molecule has 0 N–H and O–H groups in total. The Morgan fingerprint density at radius 1 is 1.40 bits per heavy atom. The van der Waals surface area contributed by atoms with Gasteiger partial charge in [0.1, 0.15) is 0 Å². The monoisotopic (exact) mass is 155 g/mol. The molecule has 56 valence electrons. The van der Waals surface area contributed by atoms with Crippen molar-refractivity contribution in [2.24, 2.45) is 4.99 Å². The number of rotatable bonds is 2. The van der Waals surface area contributed by atoms with Crippen LogP contribution in [0.5, 0.6) is 0 Å². The first-order valence-corrected chi connectivity index (χ1v) is 4.83. The van der Waals surface area contributed by atoms with Gasteiger partial charge in [-0.2, -0.15) is 0 Å². The molecule has 0 aliphatic heterocycles. The maximum Gasteiger partial charge on any atom is 0.0491 e. The van der Waals surface area contributed by atoms with Crippen LogP contribution in [-0.2, 0) is 0 Å². The Balaban J connectivity index is 2.72. The summed E-state index contributed by atoms with van der Waals surface area (Å²) in [6.07, 6.45) is 7.09. The normalized spacial score (nSPS) is 19.3. The van der Waals surface area contributed by atoms with Crippen molar-refractivity contribution in [3.05, 3.63) is 10.6 Å². The van der Waals surface area contributed by atoms with E-state index >= 15 is 0 Å². The molecule has 0 saturated heterocycles. The zero-order valence-corrected chi connectivity index (χ0v) is 7.21. The molecule has 1 nitrogen and oxygen atoms in total. The van der Waals surface area contributed by atoms with Crippen molar-refractivity contribution in [2.45, 2.75) is 25.7 Å². The van der Waals surface area contributed by atoms with Crippen LogP contribution in [0.15, 0.2) is 15.6 Å². The highest BCUT2D eigenvalue weighted by Gasteiger charge is 2.09. The molecular weight excluding hydrogens is 142 g/mol. The van der Waals surface area contributed by atoms with E-state index in [1.165, 1.54) is 29.9 Å². The van der Waals surface area contributed by atoms with E-state index in [9.17, 15) is 0 Å². The standard InChI is InChI=1S/C8H13NS/c1-9-7-5-3-4-6-8(7)10-2/h1,3-6H2,2H3. The van der Waals surface area contributed by atoms with Gasteiger partial charge in [0.25, 0.3) is 0 Å². The molecule has 0 radical (unpaired) electrons. The van der Waals surface area contributed by atoms with Crippen molar-refractivity contribution in [1.29, 1.82) is 0 Å². The van der Waals surface area contributed by atoms with Gasteiger partial charge < -0.3 is 0 Å². The zero-order valence-electron chi connectivity index (χ0n) is 6.39. The van der Waals surface area contributed by atoms with Crippen molar-refractivity contribution >= 4 is 18.5 Å². The summed E-state index contributed by atoms with van der Waals surface area (Å²) in [5.41, 5.74) is 1.23. The second-order valence-corrected chi connectivity index (χ2v) is 3.34. The topological polar surface area (TPSA) is 12.4 Å². The lowest BCUT2D eigenvalue weighted by atomic mass is 10.1. The minimum atomic E-state index is 1.14. The second kappa shape index (κ2) is 3.81. The number of aliphatic imine (C=N–C) groups is 1. The molecule has 0 saturated carbocycles. The fourth-order valence-corrected chi connectivity index (χ4v) is 2.00. The summed E-state index contributed by atoms with van der Waals surface area (Å²) in [4.78, 5) is 5.45. The minimum absolute atomic E-state index is 1.14. The minimum Gasteiger partial charge on any atom is -0.268 e. The highest BCUT2D eigenvalue weighted by atomic mass is 32.2. The van der Waals surface area contributed by atoms with Crippen LogP contribution in [0.2, 0.25) is 0 Å². The third-order valence-electron chi connectivity index (χ3n) is 1.83. The van der Waals surface area contributed by atoms with Gasteiger partial charge in [-0.15, -0.1) is 11.8 Å². The summed E-state index contributed by atoms with van der Waals surface area (Å²) in [5, 5.41) is 0. The van der Waals surface area contributed by atoms with Crippen LogP contribution >= 0.6 is 11.8 Å². The molecule has 0 heterocycles. The third kappa shape index (κ3) is 1.63. The van der Waals surface area contributed by atoms with Gasteiger partial charge in [0.2, 0.25) is 0 Å². The Labute approximate surface area is 66.6 Å². The predicted octanol–water partition coefficient (Wildman–Crippen LogP) is 2.84. The van der Waals surface area contributed by atoms with Gasteiger partial charge >= 0.3 is 0 Å². The Morgan fingerprint density at radius 2 is 2.10 bits per heavy atom. The zero-order chi connectivity index (χ0) is 7.40. The molecule has 1 rings (SSSR count). The molecule has 0 aromatic carbocycles. The van der Waals surface area contributed by atoms with E-state index in [0.29, 0.717) is 0 Å². The molecule has 0 aromatic heterocycles. The SMILES string of the molecule is C=NC1=C(SC)CCCC1. The second-order valence-electron chi connectivity index (χ2n) is 2.44. The van der Waals surface area contributed by atoms with Gasteiger partial charge in [-0.25, -0.2) is 0 Å². The molecule has 0 fully saturated rings. The first-order valence-electron chi connectivity index (χ1n) is 3.61. The Hall–Kier alpha value is -0.240. The Kier molecular flexibility index (Phi) is 3.00. The molecule has 0 unspecified atom stereocenters. The molecule has 0 bridgehead atoms. The van der Waals surface area contributed by atoms with Crippen LogP contribution in [0.4, 0.5) is 0 Å². The molecule has 0 amide bonds. The van der Waals surface area contributed by atoms with Crippen LogP contribution in [-0.4, -0.2) is 13.0 Å². The summed E-state index contributed by atoms with van der Waals surface area (Å²) in [6, 6.07) is 0. The molecule has 0 spiro atoms. The molecule has 10 heavy (non-hydrogen) atoms. The van der Waals surface area contributed by atoms with E-state index in [-0.39, 0.29) is 0 Å². The van der Waals surface area contributed by atoms with E-state index in [2.05, 4.69) is 18.0 Å². The largest absolute Gasteiger partial charge is 0.268 e. The first kappa shape index (κ1) is 7.86. The number of hydrogen-bond donors (Lipinski definition) is 0. The van der Waals surface area contributed by atoms with Gasteiger partial charge in [0.05, 0.1) is 0 Å². The molecule has 0 aromatic rings. The van der Waals surface area contributed by atoms with Gasteiger partial charge in [-0.1, -0.05) is 0 Å². The Bertz CT molecular complexity index is 161. The molecule has 1 aliphatic carbocycles. The third-order valence-corrected chi connectivity index (χ3v) is 2.76. The fourth-order valence-electron chi connectivity index (χ4n) is 1.25. The molecule has 2 heteroatoms. The number of thioether (sulfide) groups is 1. The summed E-state index contributed by atoms with van der Waals surface area (Å²) in [5.74, 6) is 0. The van der Waals surface area contributed by atoms with E-state index in [4.69, 9.17) is 0 Å². The smallest absolute Gasteiger partial charge is 0.0491 e. The summed E-state index contributed by atoms with van der Waals surface area (Å²) >= 11 is 1.82. The van der Waals surface area contributed by atoms with E-state index in [0.717, 1.165) is 6.42 Å². The quantitative estimate of drug-likeness (QED) is 0.558. The number of nitrogens with zero attached hydrogens (tertiary/aromatic N) is 1. The predicted molar refractivity (Wildman–Crippen MR) is 48.6 cm³/mol. The molecular formula is C8H13NS. The summed E-state index contributed by atoms with van der Waals surface area (Å²) in [7, 11) is 0. The number of allylic oxidation sites excluding steroid dienone is 2. The average Bonchev–Trinajstić information content (AvgIpc) is 2.04. The van der Waals surface area contributed by atoms with Crippen molar-refractivity contribution < 1.29 is 0 Å². The van der Waals surface area contributed by atoms with Crippen LogP contribution in [0.1, 0.15) is 25.7 Å². The van der Waals surface area contributed by atoms with E-state index in [1.54, 1.807) is 0 Å². The average molecular weight is 155 g/mol. The lowest BCUT2D eigenvalue weighted by Gasteiger charge is -2.14. The van der Waals surface area contributed by atoms with Crippen LogP contribution in [0, 0.1) is 0 Å². The fraction of sp³-hybridized carbons (Fsp3) is 0.625. The van der Waals surface area contributed by atoms with Crippen molar-refractivity contribution in [2.75, 3.05) is 6.26 Å². The highest BCUT2D eigenvalue weighted by molar-refractivity contribution is 8.02. The summed E-state index contributed by atoms with van der Waals surface area (Å²) < 4.78 is 0. The van der Waals surface area contributed by atoms with Crippen LogP contribution in [0.3, 0.4) is 0 Å². The van der Waals surface area contributed by atoms with Crippen LogP contribution in [0.25, 0.3) is 0 Å². The van der Waals surface area contributed by atoms with E-state index < -0.39 is 0 Å². The van der Waals surface area contributed by atoms with E-state index in [1.807, 2.05) is 11.8 Å². The Morgan fingerprint density at radius 3 is 2.60 bits per heavy atom. The van der Waals surface area contributed by atoms with Crippen molar-refractivity contribution in [1.82, 2.24) is 0 Å². The van der Waals surface area contributed by atoms with Gasteiger partial charge in [-0.05, 0) is 38.7 Å². The van der Waals surface area contributed by atoms with Crippen LogP contribution < -0.4 is 0 Å². The number of hydrogen-bond acceptors (Lipinski definition) is 2. The first-order chi connectivity index (χ1) is 4.88. The molecule has 1 aliphatic rings.